The van der Waals surface area contributed by atoms with Gasteiger partial charge in [-0.1, -0.05) is 83.7 Å². The maximum atomic E-state index is 4.80. The summed E-state index contributed by atoms with van der Waals surface area (Å²) in [5, 5.41) is 11.1. The molecule has 152 valence electrons. The van der Waals surface area contributed by atoms with Gasteiger partial charge in [0, 0.05) is 11.9 Å². The van der Waals surface area contributed by atoms with E-state index in [2.05, 4.69) is 39.6 Å². The molecule has 5 rings (SSSR count). The summed E-state index contributed by atoms with van der Waals surface area (Å²) in [4.78, 5) is 14.0. The van der Waals surface area contributed by atoms with E-state index in [4.69, 9.17) is 9.97 Å². The normalized spacial score (nSPS) is 11.1. The smallest absolute Gasteiger partial charge is 0.191 e. The average Bonchev–Trinajstić information content (AvgIpc) is 3.23. The third kappa shape index (κ3) is 4.76. The monoisotopic (exact) mass is 442 g/mol. The van der Waals surface area contributed by atoms with Crippen LogP contribution in [0.25, 0.3) is 11.2 Å². The van der Waals surface area contributed by atoms with E-state index in [1.54, 1.807) is 18.0 Å². The molecule has 8 heteroatoms. The van der Waals surface area contributed by atoms with Crippen molar-refractivity contribution in [3.8, 4) is 0 Å². The van der Waals surface area contributed by atoms with Gasteiger partial charge in [-0.15, -0.1) is 5.10 Å². The number of hydrogen-bond donors (Lipinski definition) is 0. The zero-order valence-electron chi connectivity index (χ0n) is 16.5. The van der Waals surface area contributed by atoms with Crippen molar-refractivity contribution < 1.29 is 0 Å². The van der Waals surface area contributed by atoms with Gasteiger partial charge in [0.2, 0.25) is 0 Å². The van der Waals surface area contributed by atoms with E-state index >= 15 is 0 Å². The molecule has 0 aliphatic heterocycles. The number of benzene rings is 2. The first-order valence-electron chi connectivity index (χ1n) is 9.76. The molecule has 0 atom stereocenters. The van der Waals surface area contributed by atoms with Crippen LogP contribution in [-0.4, -0.2) is 29.9 Å². The van der Waals surface area contributed by atoms with Crippen molar-refractivity contribution in [2.24, 2.45) is 0 Å². The van der Waals surface area contributed by atoms with E-state index < -0.39 is 0 Å². The molecule has 0 unspecified atom stereocenters. The third-order valence-corrected chi connectivity index (χ3v) is 6.38. The predicted octanol–water partition coefficient (Wildman–Crippen LogP) is 5.11. The van der Waals surface area contributed by atoms with Crippen LogP contribution in [0.1, 0.15) is 11.1 Å². The molecular weight excluding hydrogens is 424 g/mol. The second-order valence-electron chi connectivity index (χ2n) is 6.76. The standard InChI is InChI=1S/C23H18N6S2/c1-3-9-17(10-4-1)15-29-21-20(27-28-29)22(31-19-13-7-8-14-24-19)26-23(25-21)30-16-18-11-5-2-6-12-18/h1-14H,15-16H2. The van der Waals surface area contributed by atoms with Crippen molar-refractivity contribution in [1.82, 2.24) is 29.9 Å². The molecule has 0 amide bonds. The first-order chi connectivity index (χ1) is 15.3. The van der Waals surface area contributed by atoms with Crippen LogP contribution in [0.15, 0.2) is 100 Å². The number of fused-ring (bicyclic) bond motifs is 1. The SMILES string of the molecule is c1ccc(CSc2nc(Sc3ccccn3)c3nnn(Cc4ccccc4)c3n2)cc1. The molecule has 0 N–H and O–H groups in total. The fourth-order valence-corrected chi connectivity index (χ4v) is 4.71. The van der Waals surface area contributed by atoms with Gasteiger partial charge in [-0.3, -0.25) is 0 Å². The van der Waals surface area contributed by atoms with Crippen LogP contribution in [0, 0.1) is 0 Å². The minimum Gasteiger partial charge on any atom is -0.250 e. The summed E-state index contributed by atoms with van der Waals surface area (Å²) < 4.78 is 1.83. The Morgan fingerprint density at radius 3 is 2.26 bits per heavy atom. The van der Waals surface area contributed by atoms with Gasteiger partial charge in [-0.05, 0) is 35.0 Å². The van der Waals surface area contributed by atoms with E-state index in [9.17, 15) is 0 Å². The highest BCUT2D eigenvalue weighted by Gasteiger charge is 2.17. The minimum atomic E-state index is 0.602. The van der Waals surface area contributed by atoms with Crippen molar-refractivity contribution in [1.29, 1.82) is 0 Å². The molecule has 31 heavy (non-hydrogen) atoms. The van der Waals surface area contributed by atoms with Crippen molar-refractivity contribution in [3.05, 3.63) is 96.2 Å². The molecular formula is C23H18N6S2. The molecule has 6 nitrogen and oxygen atoms in total. The minimum absolute atomic E-state index is 0.602. The Labute approximate surface area is 188 Å². The Hall–Kier alpha value is -3.23. The van der Waals surface area contributed by atoms with E-state index in [0.29, 0.717) is 17.2 Å². The molecule has 3 aromatic heterocycles. The van der Waals surface area contributed by atoms with E-state index in [0.717, 1.165) is 27.0 Å². The van der Waals surface area contributed by atoms with Crippen LogP contribution in [0.5, 0.6) is 0 Å². The van der Waals surface area contributed by atoms with Crippen LogP contribution in [0.2, 0.25) is 0 Å². The topological polar surface area (TPSA) is 69.4 Å². The van der Waals surface area contributed by atoms with Crippen molar-refractivity contribution >= 4 is 34.7 Å². The summed E-state index contributed by atoms with van der Waals surface area (Å²) in [7, 11) is 0. The van der Waals surface area contributed by atoms with Gasteiger partial charge < -0.3 is 0 Å². The van der Waals surface area contributed by atoms with Crippen LogP contribution >= 0.6 is 23.5 Å². The van der Waals surface area contributed by atoms with Crippen molar-refractivity contribution in [2.75, 3.05) is 0 Å². The summed E-state index contributed by atoms with van der Waals surface area (Å²) in [5.41, 5.74) is 3.79. The largest absolute Gasteiger partial charge is 0.250 e. The number of pyridine rings is 1. The molecule has 0 fully saturated rings. The number of nitrogens with zero attached hydrogens (tertiary/aromatic N) is 6. The fourth-order valence-electron chi connectivity index (χ4n) is 3.04. The first kappa shape index (κ1) is 19.7. The highest BCUT2D eigenvalue weighted by Crippen LogP contribution is 2.31. The molecule has 0 aliphatic carbocycles. The molecule has 3 heterocycles. The highest BCUT2D eigenvalue weighted by atomic mass is 32.2. The number of thioether (sulfide) groups is 1. The van der Waals surface area contributed by atoms with Gasteiger partial charge in [0.25, 0.3) is 0 Å². The van der Waals surface area contributed by atoms with Crippen molar-refractivity contribution in [3.63, 3.8) is 0 Å². The van der Waals surface area contributed by atoms with Gasteiger partial charge >= 0.3 is 0 Å². The lowest BCUT2D eigenvalue weighted by Crippen LogP contribution is -2.04. The van der Waals surface area contributed by atoms with Crippen LogP contribution in [0.4, 0.5) is 0 Å². The summed E-state index contributed by atoms with van der Waals surface area (Å²) in [5.74, 6) is 0.792. The Morgan fingerprint density at radius 2 is 1.52 bits per heavy atom. The van der Waals surface area contributed by atoms with Crippen LogP contribution in [-0.2, 0) is 12.3 Å². The molecule has 2 aromatic carbocycles. The molecule has 5 aromatic rings. The summed E-state index contributed by atoms with van der Waals surface area (Å²) in [6, 6.07) is 26.3. The predicted molar refractivity (Wildman–Crippen MR) is 123 cm³/mol. The second kappa shape index (κ2) is 9.28. The van der Waals surface area contributed by atoms with Gasteiger partial charge in [0.15, 0.2) is 16.3 Å². The lowest BCUT2D eigenvalue weighted by atomic mass is 10.2. The number of aromatic nitrogens is 6. The second-order valence-corrected chi connectivity index (χ2v) is 8.71. The zero-order chi connectivity index (χ0) is 20.9. The molecule has 0 spiro atoms. The summed E-state index contributed by atoms with van der Waals surface area (Å²) in [6.07, 6.45) is 1.78. The fraction of sp³-hybridized carbons (Fsp3) is 0.0870. The van der Waals surface area contributed by atoms with Gasteiger partial charge in [0.05, 0.1) is 6.54 Å². The Balaban J connectivity index is 1.51. The van der Waals surface area contributed by atoms with E-state index in [1.807, 2.05) is 59.3 Å². The molecule has 0 aliphatic rings. The third-order valence-electron chi connectivity index (χ3n) is 4.54. The van der Waals surface area contributed by atoms with E-state index in [-0.39, 0.29) is 0 Å². The highest BCUT2D eigenvalue weighted by molar-refractivity contribution is 7.99. The average molecular weight is 443 g/mol. The Kier molecular flexibility index (Phi) is 5.90. The number of hydrogen-bond acceptors (Lipinski definition) is 7. The molecule has 0 radical (unpaired) electrons. The number of rotatable bonds is 7. The maximum absolute atomic E-state index is 4.80. The Bertz CT molecular complexity index is 1280. The van der Waals surface area contributed by atoms with Gasteiger partial charge in [0.1, 0.15) is 10.1 Å². The zero-order valence-corrected chi connectivity index (χ0v) is 18.1. The lowest BCUT2D eigenvalue weighted by molar-refractivity contribution is 0.661. The first-order valence-corrected chi connectivity index (χ1v) is 11.6. The quantitative estimate of drug-likeness (QED) is 0.197. The van der Waals surface area contributed by atoms with Crippen LogP contribution in [0.3, 0.4) is 0 Å². The summed E-state index contributed by atoms with van der Waals surface area (Å²) >= 11 is 3.09. The summed E-state index contributed by atoms with van der Waals surface area (Å²) in [6.45, 7) is 0.602. The van der Waals surface area contributed by atoms with Crippen molar-refractivity contribution in [2.45, 2.75) is 27.5 Å². The van der Waals surface area contributed by atoms with Gasteiger partial charge in [-0.25, -0.2) is 19.6 Å². The van der Waals surface area contributed by atoms with Crippen LogP contribution < -0.4 is 0 Å². The molecule has 0 bridgehead atoms. The molecule has 0 saturated carbocycles. The maximum Gasteiger partial charge on any atom is 0.191 e. The van der Waals surface area contributed by atoms with Gasteiger partial charge in [-0.2, -0.15) is 0 Å². The lowest BCUT2D eigenvalue weighted by Gasteiger charge is -2.06. The van der Waals surface area contributed by atoms with E-state index in [1.165, 1.54) is 17.3 Å². The Morgan fingerprint density at radius 1 is 0.774 bits per heavy atom. The molecule has 0 saturated heterocycles.